The van der Waals surface area contributed by atoms with Gasteiger partial charge >= 0.3 is 10.4 Å². The first-order valence-corrected chi connectivity index (χ1v) is 6.53. The summed E-state index contributed by atoms with van der Waals surface area (Å²) in [6, 6.07) is 0. The zero-order valence-corrected chi connectivity index (χ0v) is 10.4. The van der Waals surface area contributed by atoms with E-state index in [4.69, 9.17) is 4.18 Å². The molecule has 0 fully saturated rings. The first-order chi connectivity index (χ1) is 7.53. The Morgan fingerprint density at radius 3 is 2.62 bits per heavy atom. The maximum Gasteiger partial charge on any atom is 0.401 e. The van der Waals surface area contributed by atoms with Gasteiger partial charge in [-0.2, -0.15) is 8.42 Å². The molecule has 1 rings (SSSR count). The number of hydrogen-bond donors (Lipinski definition) is 0. The van der Waals surface area contributed by atoms with Gasteiger partial charge in [-0.15, -0.1) is 0 Å². The van der Waals surface area contributed by atoms with E-state index in [-0.39, 0.29) is 13.3 Å². The summed E-state index contributed by atoms with van der Waals surface area (Å²) in [6.45, 7) is 2.73. The summed E-state index contributed by atoms with van der Waals surface area (Å²) in [5.41, 5.74) is 0. The maximum absolute atomic E-state index is 11.2. The van der Waals surface area contributed by atoms with Crippen LogP contribution in [0.15, 0.2) is 12.4 Å². The van der Waals surface area contributed by atoms with Crippen molar-refractivity contribution in [1.82, 2.24) is 9.80 Å². The highest BCUT2D eigenvalue weighted by molar-refractivity contribution is 7.81. The van der Waals surface area contributed by atoms with Gasteiger partial charge in [0.25, 0.3) is 0 Å². The molecule has 0 saturated heterocycles. The molecule has 0 saturated carbocycles. The van der Waals surface area contributed by atoms with Gasteiger partial charge in [0.05, 0.1) is 13.3 Å². The molecular weight excluding hydrogens is 232 g/mol. The minimum absolute atomic E-state index is 0.0186. The van der Waals surface area contributed by atoms with Crippen molar-refractivity contribution in [3.63, 3.8) is 0 Å². The monoisotopic (exact) mass is 250 g/mol. The Labute approximate surface area is 96.8 Å². The van der Waals surface area contributed by atoms with E-state index in [1.165, 1.54) is 0 Å². The van der Waals surface area contributed by atoms with E-state index < -0.39 is 10.4 Å². The second kappa shape index (κ2) is 6.07. The van der Waals surface area contributed by atoms with Crippen LogP contribution in [0.3, 0.4) is 0 Å². The predicted octanol–water partition coefficient (Wildman–Crippen LogP) is 0.698. The van der Waals surface area contributed by atoms with Crippen LogP contribution in [0.5, 0.6) is 0 Å². The summed E-state index contributed by atoms with van der Waals surface area (Å²) in [5, 5.41) is 0. The van der Waals surface area contributed by atoms with Crippen LogP contribution < -0.4 is 0 Å². The lowest BCUT2D eigenvalue weighted by molar-refractivity contribution is 0.129. The number of unbranched alkanes of at least 4 members (excludes halogenated alkanes) is 1. The van der Waals surface area contributed by atoms with Crippen LogP contribution in [-0.2, 0) is 18.8 Å². The third-order valence-corrected chi connectivity index (χ3v) is 2.87. The van der Waals surface area contributed by atoms with Gasteiger partial charge in [-0.25, -0.2) is 8.37 Å². The first-order valence-electron chi connectivity index (χ1n) is 5.20. The second-order valence-corrected chi connectivity index (χ2v) is 4.90. The molecule has 6 nitrogen and oxygen atoms in total. The highest BCUT2D eigenvalue weighted by Crippen LogP contribution is 2.06. The lowest BCUT2D eigenvalue weighted by atomic mass is 10.4. The molecule has 16 heavy (non-hydrogen) atoms. The van der Waals surface area contributed by atoms with E-state index in [1.807, 2.05) is 25.1 Å². The van der Waals surface area contributed by atoms with Crippen molar-refractivity contribution in [1.29, 1.82) is 0 Å². The molecule has 1 aliphatic heterocycles. The summed E-state index contributed by atoms with van der Waals surface area (Å²) < 4.78 is 31.8. The van der Waals surface area contributed by atoms with Crippen molar-refractivity contribution < 1.29 is 16.8 Å². The van der Waals surface area contributed by atoms with Crippen molar-refractivity contribution in [2.24, 2.45) is 0 Å². The molecule has 0 bridgehead atoms. The molecule has 0 radical (unpaired) electrons. The van der Waals surface area contributed by atoms with E-state index in [0.29, 0.717) is 13.1 Å². The zero-order valence-electron chi connectivity index (χ0n) is 9.63. The molecule has 0 atom stereocenters. The van der Waals surface area contributed by atoms with Crippen LogP contribution in [-0.4, -0.2) is 45.3 Å². The molecule has 0 spiro atoms. The van der Waals surface area contributed by atoms with Crippen LogP contribution in [0.2, 0.25) is 0 Å². The number of rotatable bonds is 7. The lowest BCUT2D eigenvalue weighted by Crippen LogP contribution is -2.27. The highest BCUT2D eigenvalue weighted by Gasteiger charge is 2.15. The molecule has 0 amide bonds. The summed E-state index contributed by atoms with van der Waals surface area (Å²) in [4.78, 5) is 3.63. The van der Waals surface area contributed by atoms with E-state index in [2.05, 4.69) is 4.18 Å². The Morgan fingerprint density at radius 2 is 2.06 bits per heavy atom. The number of nitrogens with zero attached hydrogens (tertiary/aromatic N) is 2. The van der Waals surface area contributed by atoms with Crippen molar-refractivity contribution in [2.75, 3.05) is 27.1 Å². The fourth-order valence-corrected chi connectivity index (χ4v) is 1.80. The molecule has 0 unspecified atom stereocenters. The first kappa shape index (κ1) is 13.3. The van der Waals surface area contributed by atoms with E-state index in [1.54, 1.807) is 11.1 Å². The smallest absolute Gasteiger partial charge is 0.362 e. The molecular formula is C9H18N2O4S. The van der Waals surface area contributed by atoms with Gasteiger partial charge in [0.15, 0.2) is 0 Å². The standard InChI is InChI=1S/C9H18N2O4S/c1-3-4-7-14-16(12,13)15-9-11-6-5-10(2)8-11/h5-6H,3-4,7-9H2,1-2H3. The van der Waals surface area contributed by atoms with E-state index >= 15 is 0 Å². The largest absolute Gasteiger partial charge is 0.401 e. The summed E-state index contributed by atoms with van der Waals surface area (Å²) in [7, 11) is -1.96. The van der Waals surface area contributed by atoms with Crippen LogP contribution in [0, 0.1) is 0 Å². The van der Waals surface area contributed by atoms with Gasteiger partial charge < -0.3 is 9.80 Å². The molecule has 7 heteroatoms. The van der Waals surface area contributed by atoms with Crippen LogP contribution in [0.1, 0.15) is 19.8 Å². The average molecular weight is 250 g/mol. The molecule has 1 aliphatic rings. The molecule has 0 N–H and O–H groups in total. The maximum atomic E-state index is 11.2. The van der Waals surface area contributed by atoms with Crippen molar-refractivity contribution in [3.8, 4) is 0 Å². The molecule has 0 aromatic rings. The highest BCUT2D eigenvalue weighted by atomic mass is 32.3. The van der Waals surface area contributed by atoms with Gasteiger partial charge in [0, 0.05) is 19.4 Å². The Morgan fingerprint density at radius 1 is 1.31 bits per heavy atom. The van der Waals surface area contributed by atoms with Crippen molar-refractivity contribution in [2.45, 2.75) is 19.8 Å². The van der Waals surface area contributed by atoms with Gasteiger partial charge in [0.2, 0.25) is 0 Å². The normalized spacial score (nSPS) is 16.1. The summed E-state index contributed by atoms with van der Waals surface area (Å²) >= 11 is 0. The van der Waals surface area contributed by atoms with Crippen LogP contribution >= 0.6 is 0 Å². The molecule has 0 aromatic carbocycles. The predicted molar refractivity (Wildman–Crippen MR) is 59.3 cm³/mol. The minimum atomic E-state index is -3.85. The molecule has 0 aliphatic carbocycles. The minimum Gasteiger partial charge on any atom is -0.362 e. The third-order valence-electron chi connectivity index (χ3n) is 2.03. The van der Waals surface area contributed by atoms with E-state index in [0.717, 1.165) is 6.42 Å². The SMILES string of the molecule is CCCCOS(=O)(=O)OCN1C=CN(C)C1. The van der Waals surface area contributed by atoms with Crippen LogP contribution in [0.4, 0.5) is 0 Å². The Hall–Kier alpha value is -0.790. The summed E-state index contributed by atoms with van der Waals surface area (Å²) in [6.07, 6.45) is 5.19. The third kappa shape index (κ3) is 4.82. The summed E-state index contributed by atoms with van der Waals surface area (Å²) in [5.74, 6) is 0. The van der Waals surface area contributed by atoms with Gasteiger partial charge in [-0.1, -0.05) is 13.3 Å². The van der Waals surface area contributed by atoms with E-state index in [9.17, 15) is 8.42 Å². The fourth-order valence-electron chi connectivity index (χ4n) is 1.14. The van der Waals surface area contributed by atoms with Gasteiger partial charge in [-0.05, 0) is 6.42 Å². The topological polar surface area (TPSA) is 59.1 Å². The number of hydrogen-bond acceptors (Lipinski definition) is 6. The second-order valence-electron chi connectivity index (χ2n) is 3.62. The average Bonchev–Trinajstić information content (AvgIpc) is 2.62. The van der Waals surface area contributed by atoms with Crippen molar-refractivity contribution >= 4 is 10.4 Å². The quantitative estimate of drug-likeness (QED) is 0.620. The lowest BCUT2D eigenvalue weighted by Gasteiger charge is -2.17. The fraction of sp³-hybridized carbons (Fsp3) is 0.778. The zero-order chi connectivity index (χ0) is 12.0. The molecule has 1 heterocycles. The van der Waals surface area contributed by atoms with Crippen molar-refractivity contribution in [3.05, 3.63) is 12.4 Å². The van der Waals surface area contributed by atoms with Gasteiger partial charge in [0.1, 0.15) is 6.73 Å². The van der Waals surface area contributed by atoms with Crippen LogP contribution in [0.25, 0.3) is 0 Å². The van der Waals surface area contributed by atoms with Gasteiger partial charge in [-0.3, -0.25) is 0 Å². The Kier molecular flexibility index (Phi) is 5.04. The Bertz CT molecular complexity index is 328. The molecule has 94 valence electrons. The Balaban J connectivity index is 2.23. The molecule has 0 aromatic heterocycles.